The van der Waals surface area contributed by atoms with Crippen molar-refractivity contribution in [2.24, 2.45) is 5.73 Å². The normalized spacial score (nSPS) is 12.0. The summed E-state index contributed by atoms with van der Waals surface area (Å²) in [6, 6.07) is 3.96. The van der Waals surface area contributed by atoms with Gasteiger partial charge in [0.2, 0.25) is 5.91 Å². The zero-order chi connectivity index (χ0) is 15.8. The van der Waals surface area contributed by atoms with Gasteiger partial charge in [-0.05, 0) is 31.9 Å². The zero-order valence-corrected chi connectivity index (χ0v) is 13.6. The van der Waals surface area contributed by atoms with E-state index in [1.165, 1.54) is 0 Å². The van der Waals surface area contributed by atoms with E-state index in [1.807, 2.05) is 19.1 Å². The molecule has 1 heterocycles. The smallest absolute Gasteiger partial charge is 0.222 e. The maximum atomic E-state index is 11.5. The summed E-state index contributed by atoms with van der Waals surface area (Å²) in [6.07, 6.45) is 2.82. The van der Waals surface area contributed by atoms with E-state index >= 15 is 0 Å². The molecule has 118 valence electrons. The van der Waals surface area contributed by atoms with Crippen LogP contribution >= 0.6 is 0 Å². The van der Waals surface area contributed by atoms with Gasteiger partial charge in [0.15, 0.2) is 0 Å². The molecule has 0 aliphatic heterocycles. The summed E-state index contributed by atoms with van der Waals surface area (Å²) in [5, 5.41) is 0. The van der Waals surface area contributed by atoms with Crippen LogP contribution < -0.4 is 10.5 Å². The highest BCUT2D eigenvalue weighted by Gasteiger charge is 2.10. The van der Waals surface area contributed by atoms with Crippen molar-refractivity contribution in [1.82, 2.24) is 9.88 Å². The Bertz CT molecular complexity index is 461. The highest BCUT2D eigenvalue weighted by molar-refractivity contribution is 5.75. The predicted molar refractivity (Wildman–Crippen MR) is 84.4 cm³/mol. The Hall–Kier alpha value is -1.62. The lowest BCUT2D eigenvalue weighted by atomic mass is 10.1. The summed E-state index contributed by atoms with van der Waals surface area (Å²) < 4.78 is 5.78. The summed E-state index contributed by atoms with van der Waals surface area (Å²) >= 11 is 0. The van der Waals surface area contributed by atoms with Crippen molar-refractivity contribution >= 4 is 5.91 Å². The Morgan fingerprint density at radius 3 is 2.76 bits per heavy atom. The van der Waals surface area contributed by atoms with Gasteiger partial charge >= 0.3 is 0 Å². The average Bonchev–Trinajstić information content (AvgIpc) is 2.44. The molecular formula is C16H27N3O2. The van der Waals surface area contributed by atoms with Crippen LogP contribution in [0.3, 0.4) is 0 Å². The second-order valence-corrected chi connectivity index (χ2v) is 5.51. The number of ether oxygens (including phenoxy) is 1. The standard InChI is InChI=1S/C16H27N3O2/c1-5-13(17)11-14-15(9-8-12(2)18-14)21-10-6-7-16(20)19(3)4/h8-9,13H,5-7,10-11,17H2,1-4H3. The molecule has 0 saturated heterocycles. The average molecular weight is 293 g/mol. The van der Waals surface area contributed by atoms with E-state index < -0.39 is 0 Å². The van der Waals surface area contributed by atoms with Gasteiger partial charge in [-0.3, -0.25) is 9.78 Å². The molecule has 1 rings (SSSR count). The fourth-order valence-electron chi connectivity index (χ4n) is 1.90. The molecule has 0 spiro atoms. The third kappa shape index (κ3) is 6.12. The number of pyridine rings is 1. The quantitative estimate of drug-likeness (QED) is 0.744. The van der Waals surface area contributed by atoms with Gasteiger partial charge in [-0.2, -0.15) is 0 Å². The van der Waals surface area contributed by atoms with Gasteiger partial charge in [-0.15, -0.1) is 0 Å². The minimum Gasteiger partial charge on any atom is -0.492 e. The number of rotatable bonds is 8. The zero-order valence-electron chi connectivity index (χ0n) is 13.6. The first-order valence-electron chi connectivity index (χ1n) is 7.49. The lowest BCUT2D eigenvalue weighted by Gasteiger charge is -2.15. The number of nitrogens with two attached hydrogens (primary N) is 1. The number of nitrogens with zero attached hydrogens (tertiary/aromatic N) is 2. The van der Waals surface area contributed by atoms with Gasteiger partial charge in [0.1, 0.15) is 5.75 Å². The topological polar surface area (TPSA) is 68.5 Å². The first kappa shape index (κ1) is 17.4. The van der Waals surface area contributed by atoms with Crippen LogP contribution in [0.1, 0.15) is 37.6 Å². The van der Waals surface area contributed by atoms with Crippen LogP contribution in [0.4, 0.5) is 0 Å². The molecule has 1 unspecified atom stereocenters. The van der Waals surface area contributed by atoms with Crippen molar-refractivity contribution in [3.63, 3.8) is 0 Å². The van der Waals surface area contributed by atoms with Gasteiger partial charge < -0.3 is 15.4 Å². The Morgan fingerprint density at radius 2 is 2.14 bits per heavy atom. The molecular weight excluding hydrogens is 266 g/mol. The van der Waals surface area contributed by atoms with E-state index in [0.29, 0.717) is 25.9 Å². The Kier molecular flexibility index (Phi) is 7.15. The summed E-state index contributed by atoms with van der Waals surface area (Å²) in [4.78, 5) is 17.6. The molecule has 0 aliphatic carbocycles. The fourth-order valence-corrected chi connectivity index (χ4v) is 1.90. The molecule has 1 aromatic heterocycles. The number of carbonyl (C=O) groups excluding carboxylic acids is 1. The van der Waals surface area contributed by atoms with Crippen LogP contribution in [0.25, 0.3) is 0 Å². The summed E-state index contributed by atoms with van der Waals surface area (Å²) in [7, 11) is 3.52. The Balaban J connectivity index is 2.56. The van der Waals surface area contributed by atoms with Gasteiger partial charge in [0, 0.05) is 38.7 Å². The number of aryl methyl sites for hydroxylation is 1. The number of amides is 1. The molecule has 1 amide bonds. The molecule has 0 aliphatic rings. The van der Waals surface area contributed by atoms with Crippen molar-refractivity contribution in [2.45, 2.75) is 45.6 Å². The summed E-state index contributed by atoms with van der Waals surface area (Å²) in [6.45, 7) is 4.53. The van der Waals surface area contributed by atoms with Gasteiger partial charge in [0.25, 0.3) is 0 Å². The highest BCUT2D eigenvalue weighted by atomic mass is 16.5. The minimum absolute atomic E-state index is 0.0944. The van der Waals surface area contributed by atoms with E-state index in [1.54, 1.807) is 19.0 Å². The molecule has 0 bridgehead atoms. The van der Waals surface area contributed by atoms with E-state index in [0.717, 1.165) is 23.6 Å². The second-order valence-electron chi connectivity index (χ2n) is 5.51. The molecule has 0 fully saturated rings. The molecule has 5 heteroatoms. The summed E-state index contributed by atoms with van der Waals surface area (Å²) in [5.41, 5.74) is 7.87. The van der Waals surface area contributed by atoms with Gasteiger partial charge in [-0.25, -0.2) is 0 Å². The maximum absolute atomic E-state index is 11.5. The van der Waals surface area contributed by atoms with Gasteiger partial charge in [0.05, 0.1) is 12.3 Å². The number of carbonyl (C=O) groups is 1. The van der Waals surface area contributed by atoms with E-state index in [2.05, 4.69) is 11.9 Å². The summed E-state index contributed by atoms with van der Waals surface area (Å²) in [5.74, 6) is 0.899. The fraction of sp³-hybridized carbons (Fsp3) is 0.625. The Labute approximate surface area is 127 Å². The van der Waals surface area contributed by atoms with Crippen LogP contribution in [0.15, 0.2) is 12.1 Å². The van der Waals surface area contributed by atoms with Crippen LogP contribution in [0, 0.1) is 6.92 Å². The number of aromatic nitrogens is 1. The molecule has 1 aromatic rings. The third-order valence-corrected chi connectivity index (χ3v) is 3.34. The van der Waals surface area contributed by atoms with E-state index in [-0.39, 0.29) is 11.9 Å². The third-order valence-electron chi connectivity index (χ3n) is 3.34. The SMILES string of the molecule is CCC(N)Cc1nc(C)ccc1OCCCC(=O)N(C)C. The molecule has 1 atom stereocenters. The van der Waals surface area contributed by atoms with Crippen molar-refractivity contribution in [1.29, 1.82) is 0 Å². The van der Waals surface area contributed by atoms with Crippen molar-refractivity contribution in [3.05, 3.63) is 23.5 Å². The Morgan fingerprint density at radius 1 is 1.43 bits per heavy atom. The molecule has 5 nitrogen and oxygen atoms in total. The van der Waals surface area contributed by atoms with Crippen LogP contribution in [-0.4, -0.2) is 42.5 Å². The maximum Gasteiger partial charge on any atom is 0.222 e. The largest absolute Gasteiger partial charge is 0.492 e. The highest BCUT2D eigenvalue weighted by Crippen LogP contribution is 2.19. The lowest BCUT2D eigenvalue weighted by molar-refractivity contribution is -0.128. The second kappa shape index (κ2) is 8.62. The van der Waals surface area contributed by atoms with E-state index in [9.17, 15) is 4.79 Å². The molecule has 0 aromatic carbocycles. The lowest BCUT2D eigenvalue weighted by Crippen LogP contribution is -2.23. The number of hydrogen-bond donors (Lipinski definition) is 1. The molecule has 21 heavy (non-hydrogen) atoms. The van der Waals surface area contributed by atoms with E-state index in [4.69, 9.17) is 10.5 Å². The molecule has 0 radical (unpaired) electrons. The van der Waals surface area contributed by atoms with Gasteiger partial charge in [-0.1, -0.05) is 6.92 Å². The molecule has 0 saturated carbocycles. The minimum atomic E-state index is 0.0944. The van der Waals surface area contributed by atoms with Crippen LogP contribution in [-0.2, 0) is 11.2 Å². The molecule has 2 N–H and O–H groups in total. The first-order valence-corrected chi connectivity index (χ1v) is 7.49. The van der Waals surface area contributed by atoms with Crippen molar-refractivity contribution < 1.29 is 9.53 Å². The van der Waals surface area contributed by atoms with Crippen molar-refractivity contribution in [2.75, 3.05) is 20.7 Å². The number of hydrogen-bond acceptors (Lipinski definition) is 4. The monoisotopic (exact) mass is 293 g/mol. The van der Waals surface area contributed by atoms with Crippen LogP contribution in [0.2, 0.25) is 0 Å². The van der Waals surface area contributed by atoms with Crippen molar-refractivity contribution in [3.8, 4) is 5.75 Å². The van der Waals surface area contributed by atoms with Crippen LogP contribution in [0.5, 0.6) is 5.75 Å². The predicted octanol–water partition coefficient (Wildman–Crippen LogP) is 1.92. The first-order chi connectivity index (χ1) is 9.93.